The predicted molar refractivity (Wildman–Crippen MR) is 126 cm³/mol. The second kappa shape index (κ2) is 12.2. The number of halogens is 1. The molecule has 0 radical (unpaired) electrons. The highest BCUT2D eigenvalue weighted by Gasteiger charge is 2.11. The Morgan fingerprint density at radius 3 is 2.48 bits per heavy atom. The zero-order valence-electron chi connectivity index (χ0n) is 18.7. The van der Waals surface area contributed by atoms with Crippen LogP contribution in [-0.2, 0) is 6.61 Å². The van der Waals surface area contributed by atoms with Crippen LogP contribution in [0.1, 0.15) is 41.8 Å². The lowest BCUT2D eigenvalue weighted by molar-refractivity contribution is 0.0954. The maximum absolute atomic E-state index is 13.1. The summed E-state index contributed by atoms with van der Waals surface area (Å²) >= 11 is 0. The summed E-state index contributed by atoms with van der Waals surface area (Å²) < 4.78 is 30.2. The number of nitrogens with one attached hydrogen (secondary N) is 1. The fourth-order valence-corrected chi connectivity index (χ4v) is 2.93. The smallest absolute Gasteiger partial charge is 0.271 e. The quantitative estimate of drug-likeness (QED) is 0.316. The SMILES string of the molecule is CCCOc1ccc(C(=O)N/N=C/c2ccccc2OCc2ccc(F)cc2)cc1OCC. The predicted octanol–water partition coefficient (Wildman–Crippen LogP) is 5.36. The van der Waals surface area contributed by atoms with Crippen LogP contribution in [0.25, 0.3) is 0 Å². The molecule has 0 bridgehead atoms. The van der Waals surface area contributed by atoms with Crippen LogP contribution in [0.4, 0.5) is 4.39 Å². The zero-order chi connectivity index (χ0) is 23.5. The van der Waals surface area contributed by atoms with Crippen LogP contribution in [0.15, 0.2) is 71.8 Å². The standard InChI is InChI=1S/C26H27FN2O4/c1-3-15-32-24-14-11-20(16-25(24)31-4-2)26(30)29-28-17-21-7-5-6-8-23(21)33-18-19-9-12-22(27)13-10-19/h5-14,16-17H,3-4,15,18H2,1-2H3,(H,29,30)/b28-17+. The van der Waals surface area contributed by atoms with Crippen LogP contribution in [0.3, 0.4) is 0 Å². The van der Waals surface area contributed by atoms with Gasteiger partial charge in [-0.1, -0.05) is 31.2 Å². The van der Waals surface area contributed by atoms with Gasteiger partial charge in [-0.15, -0.1) is 0 Å². The number of benzene rings is 3. The molecule has 0 spiro atoms. The van der Waals surface area contributed by atoms with Crippen molar-refractivity contribution >= 4 is 12.1 Å². The molecule has 1 N–H and O–H groups in total. The van der Waals surface area contributed by atoms with Gasteiger partial charge in [0.1, 0.15) is 18.2 Å². The molecule has 172 valence electrons. The average molecular weight is 451 g/mol. The molecule has 0 atom stereocenters. The van der Waals surface area contributed by atoms with Crippen molar-refractivity contribution < 1.29 is 23.4 Å². The van der Waals surface area contributed by atoms with Crippen molar-refractivity contribution in [3.63, 3.8) is 0 Å². The van der Waals surface area contributed by atoms with Gasteiger partial charge in [-0.3, -0.25) is 4.79 Å². The van der Waals surface area contributed by atoms with Gasteiger partial charge >= 0.3 is 0 Å². The summed E-state index contributed by atoms with van der Waals surface area (Å²) in [6.45, 7) is 5.20. The van der Waals surface area contributed by atoms with Gasteiger partial charge in [0.05, 0.1) is 19.4 Å². The van der Waals surface area contributed by atoms with E-state index in [4.69, 9.17) is 14.2 Å². The van der Waals surface area contributed by atoms with Crippen molar-refractivity contribution in [2.75, 3.05) is 13.2 Å². The van der Waals surface area contributed by atoms with Gasteiger partial charge in [0.25, 0.3) is 5.91 Å². The van der Waals surface area contributed by atoms with Crippen molar-refractivity contribution in [2.45, 2.75) is 26.9 Å². The molecule has 0 aliphatic heterocycles. The summed E-state index contributed by atoms with van der Waals surface area (Å²) in [4.78, 5) is 12.6. The molecule has 0 aliphatic carbocycles. The Bertz CT molecular complexity index is 1080. The Kier molecular flexibility index (Phi) is 8.82. The second-order valence-corrected chi connectivity index (χ2v) is 7.10. The van der Waals surface area contributed by atoms with Crippen molar-refractivity contribution in [1.82, 2.24) is 5.43 Å². The van der Waals surface area contributed by atoms with E-state index in [0.717, 1.165) is 12.0 Å². The van der Waals surface area contributed by atoms with Crippen LogP contribution < -0.4 is 19.6 Å². The first-order valence-electron chi connectivity index (χ1n) is 10.8. The molecule has 0 unspecified atom stereocenters. The first-order chi connectivity index (χ1) is 16.1. The summed E-state index contributed by atoms with van der Waals surface area (Å²) in [7, 11) is 0. The summed E-state index contributed by atoms with van der Waals surface area (Å²) in [5.41, 5.74) is 4.46. The lowest BCUT2D eigenvalue weighted by Crippen LogP contribution is -2.18. The Morgan fingerprint density at radius 2 is 1.73 bits per heavy atom. The van der Waals surface area contributed by atoms with E-state index in [9.17, 15) is 9.18 Å². The third kappa shape index (κ3) is 7.07. The molecule has 0 heterocycles. The molecule has 3 aromatic carbocycles. The van der Waals surface area contributed by atoms with E-state index in [1.54, 1.807) is 36.4 Å². The summed E-state index contributed by atoms with van der Waals surface area (Å²) in [5.74, 6) is 1.04. The minimum absolute atomic E-state index is 0.282. The molecular weight excluding hydrogens is 423 g/mol. The van der Waals surface area contributed by atoms with Crippen molar-refractivity contribution in [1.29, 1.82) is 0 Å². The normalized spacial score (nSPS) is 10.8. The van der Waals surface area contributed by atoms with Gasteiger partial charge in [-0.05, 0) is 61.4 Å². The van der Waals surface area contributed by atoms with Crippen molar-refractivity contribution in [3.8, 4) is 17.2 Å². The number of carbonyl (C=O) groups is 1. The van der Waals surface area contributed by atoms with Crippen LogP contribution >= 0.6 is 0 Å². The minimum Gasteiger partial charge on any atom is -0.490 e. The maximum atomic E-state index is 13.1. The average Bonchev–Trinajstić information content (AvgIpc) is 2.83. The summed E-state index contributed by atoms with van der Waals surface area (Å²) in [6.07, 6.45) is 2.39. The summed E-state index contributed by atoms with van der Waals surface area (Å²) in [6, 6.07) is 18.4. The van der Waals surface area contributed by atoms with Crippen LogP contribution in [0.2, 0.25) is 0 Å². The van der Waals surface area contributed by atoms with E-state index in [-0.39, 0.29) is 18.3 Å². The fraction of sp³-hybridized carbons (Fsp3) is 0.231. The van der Waals surface area contributed by atoms with Gasteiger partial charge in [0.2, 0.25) is 0 Å². The van der Waals surface area contributed by atoms with Crippen molar-refractivity contribution in [3.05, 3.63) is 89.2 Å². The van der Waals surface area contributed by atoms with Gasteiger partial charge < -0.3 is 14.2 Å². The molecule has 0 aliphatic rings. The third-order valence-electron chi connectivity index (χ3n) is 4.56. The number of carbonyl (C=O) groups excluding carboxylic acids is 1. The van der Waals surface area contributed by atoms with Gasteiger partial charge in [-0.25, -0.2) is 9.82 Å². The van der Waals surface area contributed by atoms with E-state index in [1.807, 2.05) is 32.0 Å². The van der Waals surface area contributed by atoms with Gasteiger partial charge in [-0.2, -0.15) is 5.10 Å². The highest BCUT2D eigenvalue weighted by atomic mass is 19.1. The second-order valence-electron chi connectivity index (χ2n) is 7.10. The van der Waals surface area contributed by atoms with E-state index < -0.39 is 0 Å². The molecule has 6 nitrogen and oxygen atoms in total. The van der Waals surface area contributed by atoms with E-state index in [0.29, 0.717) is 41.6 Å². The van der Waals surface area contributed by atoms with E-state index in [1.165, 1.54) is 18.3 Å². The molecule has 7 heteroatoms. The molecule has 0 aromatic heterocycles. The lowest BCUT2D eigenvalue weighted by atomic mass is 10.2. The number of rotatable bonds is 11. The Morgan fingerprint density at radius 1 is 0.939 bits per heavy atom. The highest BCUT2D eigenvalue weighted by Crippen LogP contribution is 2.28. The number of hydrogen-bond acceptors (Lipinski definition) is 5. The molecule has 1 amide bonds. The molecule has 0 fully saturated rings. The molecule has 0 saturated carbocycles. The van der Waals surface area contributed by atoms with Gasteiger partial charge in [0, 0.05) is 11.1 Å². The largest absolute Gasteiger partial charge is 0.490 e. The maximum Gasteiger partial charge on any atom is 0.271 e. The van der Waals surface area contributed by atoms with E-state index >= 15 is 0 Å². The number of nitrogens with zero attached hydrogens (tertiary/aromatic N) is 1. The zero-order valence-corrected chi connectivity index (χ0v) is 18.7. The fourth-order valence-electron chi connectivity index (χ4n) is 2.93. The van der Waals surface area contributed by atoms with Crippen molar-refractivity contribution in [2.24, 2.45) is 5.10 Å². The van der Waals surface area contributed by atoms with Gasteiger partial charge in [0.15, 0.2) is 11.5 Å². The first kappa shape index (κ1) is 23.8. The Balaban J connectivity index is 1.64. The number of amides is 1. The molecular formula is C26H27FN2O4. The monoisotopic (exact) mass is 450 g/mol. The van der Waals surface area contributed by atoms with Crippen LogP contribution in [-0.4, -0.2) is 25.3 Å². The number of hydrogen-bond donors (Lipinski definition) is 1. The highest BCUT2D eigenvalue weighted by molar-refractivity contribution is 5.95. The number of hydrazone groups is 1. The minimum atomic E-state index is -0.376. The number of para-hydroxylation sites is 1. The van der Waals surface area contributed by atoms with E-state index in [2.05, 4.69) is 10.5 Å². The Hall–Kier alpha value is -3.87. The molecule has 33 heavy (non-hydrogen) atoms. The molecule has 0 saturated heterocycles. The third-order valence-corrected chi connectivity index (χ3v) is 4.56. The molecule has 3 rings (SSSR count). The topological polar surface area (TPSA) is 69.2 Å². The summed E-state index contributed by atoms with van der Waals surface area (Å²) in [5, 5.41) is 4.07. The van der Waals surface area contributed by atoms with Crippen LogP contribution in [0, 0.1) is 5.82 Å². The first-order valence-corrected chi connectivity index (χ1v) is 10.8. The molecule has 3 aromatic rings. The lowest BCUT2D eigenvalue weighted by Gasteiger charge is -2.12. The Labute approximate surface area is 193 Å². The number of ether oxygens (including phenoxy) is 3. The van der Waals surface area contributed by atoms with Crippen LogP contribution in [0.5, 0.6) is 17.2 Å².